The summed E-state index contributed by atoms with van der Waals surface area (Å²) in [6.45, 7) is 3.80. The molecule has 0 spiro atoms. The molecule has 0 aromatic carbocycles. The molecule has 3 rings (SSSR count). The fraction of sp³-hybridized carbons (Fsp3) is 0.588. The third-order valence-electron chi connectivity index (χ3n) is 4.59. The summed E-state index contributed by atoms with van der Waals surface area (Å²) >= 11 is 0. The van der Waals surface area contributed by atoms with E-state index in [1.54, 1.807) is 4.68 Å². The second-order valence-electron chi connectivity index (χ2n) is 6.26. The zero-order valence-corrected chi connectivity index (χ0v) is 14.0. The Bertz CT molecular complexity index is 659. The number of imidazole rings is 1. The van der Waals surface area contributed by atoms with Gasteiger partial charge in [-0.15, -0.1) is 0 Å². The summed E-state index contributed by atoms with van der Waals surface area (Å²) in [5, 5.41) is 4.15. The molecule has 1 fully saturated rings. The fourth-order valence-corrected chi connectivity index (χ4v) is 3.37. The van der Waals surface area contributed by atoms with Gasteiger partial charge in [0, 0.05) is 51.6 Å². The van der Waals surface area contributed by atoms with E-state index in [0.29, 0.717) is 12.5 Å². The molecule has 1 aliphatic rings. The van der Waals surface area contributed by atoms with E-state index in [2.05, 4.69) is 21.6 Å². The van der Waals surface area contributed by atoms with Crippen LogP contribution in [-0.2, 0) is 24.7 Å². The summed E-state index contributed by atoms with van der Waals surface area (Å²) in [6.07, 6.45) is 12.2. The predicted molar refractivity (Wildman–Crippen MR) is 88.0 cm³/mol. The first-order chi connectivity index (χ1) is 11.2. The Morgan fingerprint density at radius 2 is 2.30 bits per heavy atom. The van der Waals surface area contributed by atoms with Crippen LogP contribution in [0.2, 0.25) is 0 Å². The highest BCUT2D eigenvalue weighted by Gasteiger charge is 2.25. The van der Waals surface area contributed by atoms with Gasteiger partial charge < -0.3 is 9.47 Å². The van der Waals surface area contributed by atoms with E-state index in [-0.39, 0.29) is 5.91 Å². The molecule has 2 aromatic heterocycles. The van der Waals surface area contributed by atoms with Gasteiger partial charge in [0.25, 0.3) is 0 Å². The van der Waals surface area contributed by atoms with Gasteiger partial charge in [-0.25, -0.2) is 4.98 Å². The summed E-state index contributed by atoms with van der Waals surface area (Å²) in [5.41, 5.74) is 1.12. The third-order valence-corrected chi connectivity index (χ3v) is 4.59. The number of aromatic nitrogens is 4. The van der Waals surface area contributed by atoms with Crippen molar-refractivity contribution < 1.29 is 4.79 Å². The van der Waals surface area contributed by atoms with Gasteiger partial charge in [0.05, 0.1) is 12.2 Å². The van der Waals surface area contributed by atoms with E-state index >= 15 is 0 Å². The first-order valence-electron chi connectivity index (χ1n) is 8.44. The Balaban J connectivity index is 1.58. The highest BCUT2D eigenvalue weighted by atomic mass is 16.2. The molecule has 0 radical (unpaired) electrons. The lowest BCUT2D eigenvalue weighted by Gasteiger charge is -2.34. The zero-order valence-electron chi connectivity index (χ0n) is 14.0. The zero-order chi connectivity index (χ0) is 16.2. The SMILES string of the molecule is CCc1nccn1[C@@H]1CCCN(C(=O)CCc2cnn(C)c2)C1. The van der Waals surface area contributed by atoms with Crippen molar-refractivity contribution in [3.05, 3.63) is 36.2 Å². The highest BCUT2D eigenvalue weighted by molar-refractivity contribution is 5.76. The Morgan fingerprint density at radius 1 is 1.43 bits per heavy atom. The van der Waals surface area contributed by atoms with Gasteiger partial charge in [-0.1, -0.05) is 6.92 Å². The van der Waals surface area contributed by atoms with Crippen molar-refractivity contribution in [2.24, 2.45) is 7.05 Å². The third kappa shape index (κ3) is 3.63. The van der Waals surface area contributed by atoms with E-state index in [4.69, 9.17) is 0 Å². The lowest BCUT2D eigenvalue weighted by molar-refractivity contribution is -0.132. The maximum atomic E-state index is 12.5. The van der Waals surface area contributed by atoms with Crippen LogP contribution in [-0.4, -0.2) is 43.2 Å². The summed E-state index contributed by atoms with van der Waals surface area (Å²) in [7, 11) is 1.90. The molecule has 0 bridgehead atoms. The molecule has 0 saturated carbocycles. The summed E-state index contributed by atoms with van der Waals surface area (Å²) in [5.74, 6) is 1.36. The van der Waals surface area contributed by atoms with Gasteiger partial charge in [-0.2, -0.15) is 5.10 Å². The largest absolute Gasteiger partial charge is 0.341 e. The summed E-state index contributed by atoms with van der Waals surface area (Å²) in [6, 6.07) is 0.364. The molecule has 6 nitrogen and oxygen atoms in total. The maximum Gasteiger partial charge on any atom is 0.222 e. The number of piperidine rings is 1. The average Bonchev–Trinajstić information content (AvgIpc) is 3.21. The van der Waals surface area contributed by atoms with Crippen molar-refractivity contribution in [3.63, 3.8) is 0 Å². The molecule has 6 heteroatoms. The predicted octanol–water partition coefficient (Wildman–Crippen LogP) is 1.98. The van der Waals surface area contributed by atoms with Crippen molar-refractivity contribution in [3.8, 4) is 0 Å². The molecule has 1 saturated heterocycles. The second kappa shape index (κ2) is 6.98. The van der Waals surface area contributed by atoms with Crippen LogP contribution < -0.4 is 0 Å². The Hall–Kier alpha value is -2.11. The van der Waals surface area contributed by atoms with Gasteiger partial charge in [0.2, 0.25) is 5.91 Å². The van der Waals surface area contributed by atoms with Gasteiger partial charge >= 0.3 is 0 Å². The van der Waals surface area contributed by atoms with Crippen LogP contribution in [0.15, 0.2) is 24.8 Å². The Morgan fingerprint density at radius 3 is 3.04 bits per heavy atom. The van der Waals surface area contributed by atoms with Gasteiger partial charge in [-0.3, -0.25) is 9.48 Å². The number of aryl methyl sites for hydroxylation is 3. The van der Waals surface area contributed by atoms with Crippen LogP contribution >= 0.6 is 0 Å². The minimum absolute atomic E-state index is 0.247. The Kier molecular flexibility index (Phi) is 4.79. The lowest BCUT2D eigenvalue weighted by Crippen LogP contribution is -2.41. The molecule has 124 valence electrons. The number of hydrogen-bond acceptors (Lipinski definition) is 3. The van der Waals surface area contributed by atoms with Gasteiger partial charge in [0.15, 0.2) is 0 Å². The molecule has 0 aliphatic carbocycles. The summed E-state index contributed by atoms with van der Waals surface area (Å²) < 4.78 is 4.03. The van der Waals surface area contributed by atoms with Crippen LogP contribution in [0.25, 0.3) is 0 Å². The molecule has 23 heavy (non-hydrogen) atoms. The second-order valence-corrected chi connectivity index (χ2v) is 6.26. The minimum Gasteiger partial charge on any atom is -0.341 e. The molecule has 1 amide bonds. The molecule has 1 aliphatic heterocycles. The first kappa shape index (κ1) is 15.8. The van der Waals surface area contributed by atoms with Crippen LogP contribution in [0.5, 0.6) is 0 Å². The number of nitrogens with zero attached hydrogens (tertiary/aromatic N) is 5. The number of rotatable bonds is 5. The van der Waals surface area contributed by atoms with Crippen molar-refractivity contribution in [1.82, 2.24) is 24.2 Å². The number of carbonyl (C=O) groups excluding carboxylic acids is 1. The van der Waals surface area contributed by atoms with Crippen LogP contribution in [0, 0.1) is 0 Å². The van der Waals surface area contributed by atoms with E-state index in [1.165, 1.54) is 0 Å². The standard InChI is InChI=1S/C17H25N5O/c1-3-16-18-8-10-22(16)15-5-4-9-21(13-15)17(23)7-6-14-11-19-20(2)12-14/h8,10-12,15H,3-7,9,13H2,1-2H3/t15-/m1/s1. The van der Waals surface area contributed by atoms with Crippen molar-refractivity contribution >= 4 is 5.91 Å². The molecule has 3 heterocycles. The average molecular weight is 315 g/mol. The van der Waals surface area contributed by atoms with E-state index < -0.39 is 0 Å². The topological polar surface area (TPSA) is 56.0 Å². The molecular weight excluding hydrogens is 290 g/mol. The number of likely N-dealkylation sites (tertiary alicyclic amines) is 1. The number of hydrogen-bond donors (Lipinski definition) is 0. The van der Waals surface area contributed by atoms with E-state index in [9.17, 15) is 4.79 Å². The smallest absolute Gasteiger partial charge is 0.222 e. The maximum absolute atomic E-state index is 12.5. The number of amides is 1. The van der Waals surface area contributed by atoms with Crippen LogP contribution in [0.3, 0.4) is 0 Å². The number of carbonyl (C=O) groups is 1. The molecular formula is C17H25N5O. The van der Waals surface area contributed by atoms with Crippen molar-refractivity contribution in [2.75, 3.05) is 13.1 Å². The van der Waals surface area contributed by atoms with Crippen LogP contribution in [0.1, 0.15) is 43.6 Å². The lowest BCUT2D eigenvalue weighted by atomic mass is 10.0. The fourth-order valence-electron chi connectivity index (χ4n) is 3.37. The first-order valence-corrected chi connectivity index (χ1v) is 8.44. The van der Waals surface area contributed by atoms with Crippen LogP contribution in [0.4, 0.5) is 0 Å². The summed E-state index contributed by atoms with van der Waals surface area (Å²) in [4.78, 5) is 18.9. The van der Waals surface area contributed by atoms with Gasteiger partial charge in [0.1, 0.15) is 5.82 Å². The van der Waals surface area contributed by atoms with Crippen molar-refractivity contribution in [2.45, 2.75) is 45.1 Å². The molecule has 1 atom stereocenters. The van der Waals surface area contributed by atoms with E-state index in [0.717, 1.165) is 50.2 Å². The quantitative estimate of drug-likeness (QED) is 0.848. The monoisotopic (exact) mass is 315 g/mol. The van der Waals surface area contributed by atoms with Gasteiger partial charge in [-0.05, 0) is 24.8 Å². The Labute approximate surface area is 137 Å². The molecule has 0 unspecified atom stereocenters. The van der Waals surface area contributed by atoms with E-state index in [1.807, 2.05) is 36.7 Å². The highest BCUT2D eigenvalue weighted by Crippen LogP contribution is 2.23. The minimum atomic E-state index is 0.247. The molecule has 0 N–H and O–H groups in total. The van der Waals surface area contributed by atoms with Crippen molar-refractivity contribution in [1.29, 1.82) is 0 Å². The normalized spacial score (nSPS) is 18.3. The molecule has 2 aromatic rings.